The third-order valence-corrected chi connectivity index (χ3v) is 3.94. The van der Waals surface area contributed by atoms with Crippen LogP contribution < -0.4 is 5.32 Å². The second kappa shape index (κ2) is 4.91. The van der Waals surface area contributed by atoms with E-state index in [2.05, 4.69) is 17.4 Å². The minimum atomic E-state index is 0.366. The first kappa shape index (κ1) is 11.5. The van der Waals surface area contributed by atoms with E-state index in [4.69, 9.17) is 10.2 Å². The lowest BCUT2D eigenvalue weighted by Gasteiger charge is -2.29. The van der Waals surface area contributed by atoms with Gasteiger partial charge in [0, 0.05) is 11.3 Å². The molecule has 1 saturated heterocycles. The Morgan fingerprint density at radius 1 is 1.56 bits per heavy atom. The molecule has 2 unspecified atom stereocenters. The zero-order chi connectivity index (χ0) is 11.5. The van der Waals surface area contributed by atoms with Crippen LogP contribution in [0, 0.1) is 5.41 Å². The molecule has 0 aromatic rings. The summed E-state index contributed by atoms with van der Waals surface area (Å²) in [7, 11) is 0. The summed E-state index contributed by atoms with van der Waals surface area (Å²) in [5, 5.41) is 15.7. The Morgan fingerprint density at radius 3 is 3.12 bits per heavy atom. The average molecular weight is 239 g/mol. The van der Waals surface area contributed by atoms with Crippen molar-refractivity contribution in [3.63, 3.8) is 0 Å². The van der Waals surface area contributed by atoms with Gasteiger partial charge >= 0.3 is 0 Å². The zero-order valence-electron chi connectivity index (χ0n) is 9.62. The van der Waals surface area contributed by atoms with Crippen molar-refractivity contribution in [1.82, 2.24) is 5.32 Å². The quantitative estimate of drug-likeness (QED) is 0.739. The molecular weight excluding hydrogens is 222 g/mol. The van der Waals surface area contributed by atoms with E-state index in [0.717, 1.165) is 25.0 Å². The third-order valence-electron chi connectivity index (χ3n) is 2.81. The molecule has 2 rings (SSSR count). The van der Waals surface area contributed by atoms with E-state index in [1.807, 2.05) is 6.92 Å². The van der Waals surface area contributed by atoms with Gasteiger partial charge in [-0.1, -0.05) is 16.9 Å². The summed E-state index contributed by atoms with van der Waals surface area (Å²) in [6.45, 7) is 4.10. The fourth-order valence-electron chi connectivity index (χ4n) is 1.91. The SMILES string of the molecule is CC1=NOC=C(C2CC(C)NC(=N)S2)CC1. The van der Waals surface area contributed by atoms with Gasteiger partial charge < -0.3 is 10.2 Å². The van der Waals surface area contributed by atoms with Crippen LogP contribution in [0.1, 0.15) is 33.1 Å². The van der Waals surface area contributed by atoms with E-state index < -0.39 is 0 Å². The molecular formula is C11H17N3OS. The highest BCUT2D eigenvalue weighted by atomic mass is 32.2. The first-order valence-corrected chi connectivity index (χ1v) is 6.43. The van der Waals surface area contributed by atoms with Gasteiger partial charge in [-0.25, -0.2) is 0 Å². The maximum Gasteiger partial charge on any atom is 0.154 e. The van der Waals surface area contributed by atoms with Crippen molar-refractivity contribution in [2.24, 2.45) is 5.16 Å². The molecule has 88 valence electrons. The predicted molar refractivity (Wildman–Crippen MR) is 67.8 cm³/mol. The van der Waals surface area contributed by atoms with Crippen LogP contribution >= 0.6 is 11.8 Å². The van der Waals surface area contributed by atoms with Crippen molar-refractivity contribution in [2.45, 2.75) is 44.4 Å². The fraction of sp³-hybridized carbons (Fsp3) is 0.636. The summed E-state index contributed by atoms with van der Waals surface area (Å²) < 4.78 is 0. The van der Waals surface area contributed by atoms with E-state index in [-0.39, 0.29) is 0 Å². The molecule has 1 fully saturated rings. The van der Waals surface area contributed by atoms with Gasteiger partial charge in [-0.2, -0.15) is 0 Å². The number of nitrogens with zero attached hydrogens (tertiary/aromatic N) is 1. The van der Waals surface area contributed by atoms with Gasteiger partial charge in [0.2, 0.25) is 0 Å². The number of thioether (sulfide) groups is 1. The highest BCUT2D eigenvalue weighted by Gasteiger charge is 2.26. The molecule has 2 aliphatic rings. The van der Waals surface area contributed by atoms with Crippen molar-refractivity contribution in [1.29, 1.82) is 5.41 Å². The van der Waals surface area contributed by atoms with Gasteiger partial charge in [0.1, 0.15) is 6.26 Å². The van der Waals surface area contributed by atoms with Gasteiger partial charge in [0.25, 0.3) is 0 Å². The number of oxime groups is 1. The lowest BCUT2D eigenvalue weighted by Crippen LogP contribution is -2.39. The molecule has 0 bridgehead atoms. The standard InChI is InChI=1S/C11H17N3OS/c1-7-3-4-9(6-15-14-7)10-5-8(2)13-11(12)16-10/h6,8,10H,3-5H2,1-2H3,(H2,12,13). The summed E-state index contributed by atoms with van der Waals surface area (Å²) in [6, 6.07) is 0.366. The molecule has 0 aromatic heterocycles. The number of nitrogens with one attached hydrogen (secondary N) is 2. The third kappa shape index (κ3) is 2.78. The Balaban J connectivity index is 2.02. The minimum absolute atomic E-state index is 0.366. The van der Waals surface area contributed by atoms with Crippen LogP contribution in [0.2, 0.25) is 0 Å². The van der Waals surface area contributed by atoms with Crippen molar-refractivity contribution in [2.75, 3.05) is 0 Å². The first-order valence-electron chi connectivity index (χ1n) is 5.55. The molecule has 0 amide bonds. The second-order valence-electron chi connectivity index (χ2n) is 4.34. The summed E-state index contributed by atoms with van der Waals surface area (Å²) in [5.74, 6) is 0. The van der Waals surface area contributed by atoms with Gasteiger partial charge in [-0.3, -0.25) is 5.41 Å². The molecule has 2 aliphatic heterocycles. The highest BCUT2D eigenvalue weighted by Crippen LogP contribution is 2.31. The molecule has 16 heavy (non-hydrogen) atoms. The van der Waals surface area contributed by atoms with Crippen LogP contribution in [-0.2, 0) is 4.84 Å². The Labute approximate surface area is 100 Å². The van der Waals surface area contributed by atoms with Gasteiger partial charge in [0.15, 0.2) is 5.17 Å². The molecule has 0 aliphatic carbocycles. The minimum Gasteiger partial charge on any atom is -0.365 e. The largest absolute Gasteiger partial charge is 0.365 e. The lowest BCUT2D eigenvalue weighted by molar-refractivity contribution is 0.265. The fourth-order valence-corrected chi connectivity index (χ4v) is 3.17. The first-order chi connectivity index (χ1) is 7.65. The van der Waals surface area contributed by atoms with Gasteiger partial charge in [0.05, 0.1) is 5.71 Å². The number of hydrogen-bond acceptors (Lipinski definition) is 4. The molecule has 2 atom stereocenters. The number of hydrogen-bond donors (Lipinski definition) is 2. The van der Waals surface area contributed by atoms with Crippen molar-refractivity contribution < 1.29 is 4.84 Å². The van der Waals surface area contributed by atoms with Crippen LogP contribution in [0.25, 0.3) is 0 Å². The summed E-state index contributed by atoms with van der Waals surface area (Å²) in [4.78, 5) is 5.16. The van der Waals surface area contributed by atoms with E-state index in [1.54, 1.807) is 18.0 Å². The van der Waals surface area contributed by atoms with E-state index in [9.17, 15) is 0 Å². The highest BCUT2D eigenvalue weighted by molar-refractivity contribution is 8.14. The Hall–Kier alpha value is -0.970. The van der Waals surface area contributed by atoms with E-state index >= 15 is 0 Å². The monoisotopic (exact) mass is 239 g/mol. The van der Waals surface area contributed by atoms with Gasteiger partial charge in [-0.15, -0.1) is 0 Å². The molecule has 0 spiro atoms. The van der Waals surface area contributed by atoms with Crippen LogP contribution in [0.5, 0.6) is 0 Å². The normalized spacial score (nSPS) is 30.8. The van der Waals surface area contributed by atoms with E-state index in [0.29, 0.717) is 16.5 Å². The van der Waals surface area contributed by atoms with Crippen molar-refractivity contribution >= 4 is 22.6 Å². The molecule has 4 nitrogen and oxygen atoms in total. The van der Waals surface area contributed by atoms with Crippen LogP contribution in [0.4, 0.5) is 0 Å². The molecule has 2 N–H and O–H groups in total. The lowest BCUT2D eigenvalue weighted by atomic mass is 10.0. The molecule has 0 radical (unpaired) electrons. The zero-order valence-corrected chi connectivity index (χ0v) is 10.4. The maximum atomic E-state index is 7.72. The average Bonchev–Trinajstić information content (AvgIpc) is 2.41. The Bertz CT molecular complexity index is 351. The summed E-state index contributed by atoms with van der Waals surface area (Å²) in [5.41, 5.74) is 2.30. The number of amidine groups is 1. The topological polar surface area (TPSA) is 57.5 Å². The molecule has 5 heteroatoms. The van der Waals surface area contributed by atoms with Crippen molar-refractivity contribution in [3.8, 4) is 0 Å². The Kier molecular flexibility index (Phi) is 3.53. The molecule has 0 aromatic carbocycles. The van der Waals surface area contributed by atoms with Crippen molar-refractivity contribution in [3.05, 3.63) is 11.8 Å². The van der Waals surface area contributed by atoms with Crippen LogP contribution in [0.3, 0.4) is 0 Å². The molecule has 0 saturated carbocycles. The predicted octanol–water partition coefficient (Wildman–Crippen LogP) is 2.47. The summed E-state index contributed by atoms with van der Waals surface area (Å²) >= 11 is 1.58. The number of rotatable bonds is 1. The summed E-state index contributed by atoms with van der Waals surface area (Å²) in [6.07, 6.45) is 4.76. The van der Waals surface area contributed by atoms with Gasteiger partial charge in [-0.05, 0) is 38.7 Å². The Morgan fingerprint density at radius 2 is 2.38 bits per heavy atom. The second-order valence-corrected chi connectivity index (χ2v) is 5.55. The van der Waals surface area contributed by atoms with E-state index in [1.165, 1.54) is 5.57 Å². The van der Waals surface area contributed by atoms with Crippen LogP contribution in [-0.4, -0.2) is 22.2 Å². The smallest absolute Gasteiger partial charge is 0.154 e. The molecule has 2 heterocycles. The maximum absolute atomic E-state index is 7.72. The van der Waals surface area contributed by atoms with Crippen LogP contribution in [0.15, 0.2) is 17.0 Å².